The maximum atomic E-state index is 12.5. The third-order valence-corrected chi connectivity index (χ3v) is 5.98. The molecule has 20 heavy (non-hydrogen) atoms. The summed E-state index contributed by atoms with van der Waals surface area (Å²) in [6.07, 6.45) is 3.10. The van der Waals surface area contributed by atoms with Gasteiger partial charge in [-0.05, 0) is 52.7 Å². The fourth-order valence-corrected chi connectivity index (χ4v) is 3.74. The Morgan fingerprint density at radius 2 is 1.85 bits per heavy atom. The summed E-state index contributed by atoms with van der Waals surface area (Å²) >= 11 is 0. The highest BCUT2D eigenvalue weighted by atomic mass is 32.2. The molecule has 0 saturated heterocycles. The van der Waals surface area contributed by atoms with Gasteiger partial charge in [0.25, 0.3) is 0 Å². The van der Waals surface area contributed by atoms with Gasteiger partial charge in [0.05, 0.1) is 15.7 Å². The van der Waals surface area contributed by atoms with E-state index in [9.17, 15) is 13.5 Å². The highest BCUT2D eigenvalue weighted by Crippen LogP contribution is 2.27. The number of benzene rings is 1. The second kappa shape index (κ2) is 6.55. The summed E-state index contributed by atoms with van der Waals surface area (Å²) in [5.41, 5.74) is -0.0833. The second-order valence-electron chi connectivity index (χ2n) is 5.68. The molecule has 0 aliphatic heterocycles. The molecule has 0 saturated carbocycles. The van der Waals surface area contributed by atoms with Gasteiger partial charge in [0.15, 0.2) is 9.84 Å². The van der Waals surface area contributed by atoms with Crippen LogP contribution in [0.4, 0.5) is 0 Å². The largest absolute Gasteiger partial charge is 0.389 e. The Balaban J connectivity index is 2.92. The van der Waals surface area contributed by atoms with Crippen molar-refractivity contribution in [2.24, 2.45) is 0 Å². The van der Waals surface area contributed by atoms with Gasteiger partial charge < -0.3 is 5.11 Å². The van der Waals surface area contributed by atoms with Gasteiger partial charge in [-0.25, -0.2) is 8.42 Å². The minimum atomic E-state index is -3.52. The lowest BCUT2D eigenvalue weighted by Crippen LogP contribution is -2.42. The SMILES string of the molecule is CC(C)=CCCC(C)(O)C(C)S(=O)(=O)c1ccccc1. The predicted molar refractivity (Wildman–Crippen MR) is 82.4 cm³/mol. The van der Waals surface area contributed by atoms with Crippen LogP contribution < -0.4 is 0 Å². The molecule has 0 heterocycles. The highest BCUT2D eigenvalue weighted by molar-refractivity contribution is 7.92. The quantitative estimate of drug-likeness (QED) is 0.819. The molecule has 4 heteroatoms. The van der Waals surface area contributed by atoms with Crippen molar-refractivity contribution in [3.8, 4) is 0 Å². The Bertz CT molecular complexity index is 553. The Morgan fingerprint density at radius 3 is 2.35 bits per heavy atom. The molecule has 0 spiro atoms. The van der Waals surface area contributed by atoms with E-state index in [0.717, 1.165) is 0 Å². The molecule has 1 N–H and O–H groups in total. The van der Waals surface area contributed by atoms with Gasteiger partial charge in [0.2, 0.25) is 0 Å². The number of sulfone groups is 1. The molecule has 1 aromatic rings. The van der Waals surface area contributed by atoms with Crippen molar-refractivity contribution in [3.05, 3.63) is 42.0 Å². The Morgan fingerprint density at radius 1 is 1.30 bits per heavy atom. The van der Waals surface area contributed by atoms with E-state index in [1.165, 1.54) is 5.57 Å². The molecule has 0 aliphatic rings. The van der Waals surface area contributed by atoms with E-state index in [1.54, 1.807) is 44.2 Å². The topological polar surface area (TPSA) is 54.4 Å². The Kier molecular flexibility index (Phi) is 5.54. The molecular formula is C16H24O3S. The van der Waals surface area contributed by atoms with Gasteiger partial charge in [-0.2, -0.15) is 0 Å². The van der Waals surface area contributed by atoms with Gasteiger partial charge in [-0.3, -0.25) is 0 Å². The first-order valence-corrected chi connectivity index (χ1v) is 8.37. The van der Waals surface area contributed by atoms with Gasteiger partial charge in [-0.1, -0.05) is 29.8 Å². The average molecular weight is 296 g/mol. The van der Waals surface area contributed by atoms with Gasteiger partial charge in [0, 0.05) is 0 Å². The molecule has 1 aromatic carbocycles. The molecule has 0 radical (unpaired) electrons. The van der Waals surface area contributed by atoms with Crippen LogP contribution in [0.2, 0.25) is 0 Å². The molecule has 1 rings (SSSR count). The molecule has 3 nitrogen and oxygen atoms in total. The van der Waals surface area contributed by atoms with E-state index in [4.69, 9.17) is 0 Å². The van der Waals surface area contributed by atoms with Crippen molar-refractivity contribution >= 4 is 9.84 Å². The number of hydrogen-bond donors (Lipinski definition) is 1. The summed E-state index contributed by atoms with van der Waals surface area (Å²) < 4.78 is 25.0. The van der Waals surface area contributed by atoms with Crippen LogP contribution in [0.5, 0.6) is 0 Å². The number of allylic oxidation sites excluding steroid dienone is 2. The van der Waals surface area contributed by atoms with Crippen molar-refractivity contribution in [1.29, 1.82) is 0 Å². The summed E-state index contributed by atoms with van der Waals surface area (Å²) in [5, 5.41) is 9.64. The van der Waals surface area contributed by atoms with Gasteiger partial charge in [-0.15, -0.1) is 0 Å². The lowest BCUT2D eigenvalue weighted by atomic mass is 9.96. The summed E-state index contributed by atoms with van der Waals surface area (Å²) in [6.45, 7) is 7.14. The first-order chi connectivity index (χ1) is 9.18. The summed E-state index contributed by atoms with van der Waals surface area (Å²) in [4.78, 5) is 0.259. The number of aliphatic hydroxyl groups is 1. The third kappa shape index (κ3) is 4.18. The standard InChI is InChI=1S/C16H24O3S/c1-13(2)9-8-12-16(4,17)14(3)20(18,19)15-10-6-5-7-11-15/h5-7,9-11,14,17H,8,12H2,1-4H3. The van der Waals surface area contributed by atoms with Crippen molar-refractivity contribution in [3.63, 3.8) is 0 Å². The molecule has 0 bridgehead atoms. The zero-order valence-corrected chi connectivity index (χ0v) is 13.4. The molecule has 0 aliphatic carbocycles. The zero-order chi connectivity index (χ0) is 15.4. The first kappa shape index (κ1) is 16.9. The fraction of sp³-hybridized carbons (Fsp3) is 0.500. The van der Waals surface area contributed by atoms with Gasteiger partial charge in [0.1, 0.15) is 0 Å². The van der Waals surface area contributed by atoms with E-state index in [-0.39, 0.29) is 4.90 Å². The second-order valence-corrected chi connectivity index (χ2v) is 7.95. The molecular weight excluding hydrogens is 272 g/mol. The fourth-order valence-electron chi connectivity index (χ4n) is 2.00. The van der Waals surface area contributed by atoms with Crippen LogP contribution in [-0.2, 0) is 9.84 Å². The molecule has 112 valence electrons. The summed E-state index contributed by atoms with van der Waals surface area (Å²) in [5.74, 6) is 0. The van der Waals surface area contributed by atoms with Crippen molar-refractivity contribution < 1.29 is 13.5 Å². The smallest absolute Gasteiger partial charge is 0.183 e. The first-order valence-electron chi connectivity index (χ1n) is 6.82. The molecule has 0 aromatic heterocycles. The van der Waals surface area contributed by atoms with E-state index in [2.05, 4.69) is 0 Å². The lowest BCUT2D eigenvalue weighted by molar-refractivity contribution is 0.0512. The highest BCUT2D eigenvalue weighted by Gasteiger charge is 2.38. The van der Waals surface area contributed by atoms with E-state index < -0.39 is 20.7 Å². The van der Waals surface area contributed by atoms with Crippen molar-refractivity contribution in [2.75, 3.05) is 0 Å². The Labute approximate surface area is 122 Å². The number of hydrogen-bond acceptors (Lipinski definition) is 3. The predicted octanol–water partition coefficient (Wildman–Crippen LogP) is 3.35. The van der Waals surface area contributed by atoms with Gasteiger partial charge >= 0.3 is 0 Å². The average Bonchev–Trinajstić information content (AvgIpc) is 2.38. The third-order valence-electron chi connectivity index (χ3n) is 3.62. The van der Waals surface area contributed by atoms with E-state index >= 15 is 0 Å². The monoisotopic (exact) mass is 296 g/mol. The van der Waals surface area contributed by atoms with Crippen LogP contribution in [0.25, 0.3) is 0 Å². The van der Waals surface area contributed by atoms with Crippen molar-refractivity contribution in [2.45, 2.75) is 56.3 Å². The van der Waals surface area contributed by atoms with Crippen LogP contribution in [0, 0.1) is 0 Å². The molecule has 0 fully saturated rings. The minimum Gasteiger partial charge on any atom is -0.389 e. The zero-order valence-electron chi connectivity index (χ0n) is 12.6. The lowest BCUT2D eigenvalue weighted by Gasteiger charge is -2.29. The van der Waals surface area contributed by atoms with Crippen molar-refractivity contribution in [1.82, 2.24) is 0 Å². The normalized spacial score (nSPS) is 16.2. The van der Waals surface area contributed by atoms with Crippen LogP contribution >= 0.6 is 0 Å². The molecule has 2 atom stereocenters. The summed E-state index contributed by atoms with van der Waals surface area (Å²) in [6, 6.07) is 8.29. The molecule has 0 amide bonds. The minimum absolute atomic E-state index is 0.259. The maximum Gasteiger partial charge on any atom is 0.183 e. The molecule has 2 unspecified atom stereocenters. The summed E-state index contributed by atoms with van der Waals surface area (Å²) in [7, 11) is -3.52. The maximum absolute atomic E-state index is 12.5. The van der Waals surface area contributed by atoms with Crippen LogP contribution in [0.1, 0.15) is 40.5 Å². The van der Waals surface area contributed by atoms with E-state index in [0.29, 0.717) is 12.8 Å². The van der Waals surface area contributed by atoms with E-state index in [1.807, 2.05) is 19.9 Å². The van der Waals surface area contributed by atoms with Crippen LogP contribution in [-0.4, -0.2) is 24.4 Å². The van der Waals surface area contributed by atoms with Crippen LogP contribution in [0.15, 0.2) is 46.9 Å². The number of rotatable bonds is 6. The van der Waals surface area contributed by atoms with Crippen LogP contribution in [0.3, 0.4) is 0 Å². The Hall–Kier alpha value is -1.13.